The highest BCUT2D eigenvalue weighted by Crippen LogP contribution is 2.44. The molecule has 1 aliphatic heterocycles. The fourth-order valence-corrected chi connectivity index (χ4v) is 3.41. The van der Waals surface area contributed by atoms with E-state index < -0.39 is 17.1 Å². The van der Waals surface area contributed by atoms with Crippen LogP contribution in [0.5, 0.6) is 0 Å². The Bertz CT molecular complexity index is 493. The molecule has 2 rings (SSSR count). The van der Waals surface area contributed by atoms with Crippen molar-refractivity contribution in [2.24, 2.45) is 4.40 Å². The second kappa shape index (κ2) is 4.43. The zero-order valence-corrected chi connectivity index (χ0v) is 11.0. The summed E-state index contributed by atoms with van der Waals surface area (Å²) in [6.45, 7) is 1.74. The average Bonchev–Trinajstić information content (AvgIpc) is 2.61. The predicted molar refractivity (Wildman–Crippen MR) is 70.2 cm³/mol. The lowest BCUT2D eigenvalue weighted by Gasteiger charge is -2.08. The fraction of sp³-hybridized carbons (Fsp3) is 0.0909. The standard InChI is InChI=1S/C11H10BrNO2S/c1-7-10(11(14)15)6-16(13-7)9-4-2-8(12)3-5-9/h2-6,16H,1H3,(H,14,15). The highest BCUT2D eigenvalue weighted by molar-refractivity contribution is 9.10. The Morgan fingerprint density at radius 1 is 1.38 bits per heavy atom. The van der Waals surface area contributed by atoms with Crippen LogP contribution in [-0.2, 0) is 4.79 Å². The molecule has 0 amide bonds. The van der Waals surface area contributed by atoms with Crippen molar-refractivity contribution >= 4 is 38.7 Å². The van der Waals surface area contributed by atoms with Gasteiger partial charge in [-0.25, -0.2) is 9.19 Å². The Labute approximate surface area is 105 Å². The molecule has 0 spiro atoms. The van der Waals surface area contributed by atoms with Gasteiger partial charge < -0.3 is 5.11 Å². The van der Waals surface area contributed by atoms with Gasteiger partial charge in [-0.05, 0) is 36.6 Å². The quantitative estimate of drug-likeness (QED) is 0.824. The number of carbonyl (C=O) groups is 1. The third-order valence-electron chi connectivity index (χ3n) is 2.22. The molecule has 0 aromatic heterocycles. The summed E-state index contributed by atoms with van der Waals surface area (Å²) in [6.07, 6.45) is 0. The van der Waals surface area contributed by atoms with E-state index in [0.29, 0.717) is 11.3 Å². The lowest BCUT2D eigenvalue weighted by molar-refractivity contribution is -0.132. The van der Waals surface area contributed by atoms with Crippen LogP contribution in [0.15, 0.2) is 49.0 Å². The van der Waals surface area contributed by atoms with Crippen molar-refractivity contribution in [3.63, 3.8) is 0 Å². The highest BCUT2D eigenvalue weighted by atomic mass is 79.9. The Hall–Kier alpha value is -1.07. The number of hydrogen-bond acceptors (Lipinski definition) is 2. The predicted octanol–water partition coefficient (Wildman–Crippen LogP) is 3.17. The first-order valence-electron chi connectivity index (χ1n) is 4.63. The molecule has 1 heterocycles. The Kier molecular flexibility index (Phi) is 3.16. The van der Waals surface area contributed by atoms with Crippen molar-refractivity contribution in [1.82, 2.24) is 0 Å². The van der Waals surface area contributed by atoms with Gasteiger partial charge in [0.15, 0.2) is 0 Å². The van der Waals surface area contributed by atoms with E-state index in [2.05, 4.69) is 20.3 Å². The Morgan fingerprint density at radius 2 is 2.00 bits per heavy atom. The monoisotopic (exact) mass is 299 g/mol. The summed E-state index contributed by atoms with van der Waals surface area (Å²) in [5, 5.41) is 10.7. The van der Waals surface area contributed by atoms with Crippen molar-refractivity contribution in [1.29, 1.82) is 0 Å². The third-order valence-corrected chi connectivity index (χ3v) is 4.59. The van der Waals surface area contributed by atoms with Crippen LogP contribution in [0, 0.1) is 0 Å². The minimum Gasteiger partial charge on any atom is -0.478 e. The maximum absolute atomic E-state index is 10.9. The van der Waals surface area contributed by atoms with Gasteiger partial charge in [-0.3, -0.25) is 0 Å². The van der Waals surface area contributed by atoms with Gasteiger partial charge >= 0.3 is 5.97 Å². The zero-order chi connectivity index (χ0) is 11.7. The molecule has 1 N–H and O–H groups in total. The number of carboxylic acid groups (broad SMARTS) is 1. The first-order chi connectivity index (χ1) is 7.58. The second-order valence-corrected chi connectivity index (χ2v) is 5.93. The van der Waals surface area contributed by atoms with Gasteiger partial charge in [0.1, 0.15) is 0 Å². The minimum atomic E-state index is -0.900. The first-order valence-corrected chi connectivity index (χ1v) is 6.79. The topological polar surface area (TPSA) is 49.7 Å². The number of nitrogens with zero attached hydrogens (tertiary/aromatic N) is 1. The number of halogens is 1. The van der Waals surface area contributed by atoms with Crippen molar-refractivity contribution in [3.8, 4) is 0 Å². The molecule has 5 heteroatoms. The van der Waals surface area contributed by atoms with Crippen LogP contribution >= 0.6 is 27.0 Å². The summed E-state index contributed by atoms with van der Waals surface area (Å²) in [5.41, 5.74) is 0.940. The summed E-state index contributed by atoms with van der Waals surface area (Å²) in [4.78, 5) is 12.0. The van der Waals surface area contributed by atoms with Gasteiger partial charge in [-0.1, -0.05) is 15.9 Å². The molecule has 0 fully saturated rings. The van der Waals surface area contributed by atoms with Crippen molar-refractivity contribution in [2.45, 2.75) is 11.8 Å². The number of carboxylic acids is 1. The average molecular weight is 300 g/mol. The second-order valence-electron chi connectivity index (χ2n) is 3.35. The van der Waals surface area contributed by atoms with Crippen molar-refractivity contribution < 1.29 is 9.90 Å². The molecule has 1 atom stereocenters. The number of rotatable bonds is 2. The van der Waals surface area contributed by atoms with Gasteiger partial charge in [-0.2, -0.15) is 0 Å². The molecule has 1 aliphatic rings. The summed E-state index contributed by atoms with van der Waals surface area (Å²) in [5.74, 6) is -0.900. The summed E-state index contributed by atoms with van der Waals surface area (Å²) in [6, 6.07) is 7.81. The van der Waals surface area contributed by atoms with Crippen molar-refractivity contribution in [3.05, 3.63) is 39.7 Å². The van der Waals surface area contributed by atoms with E-state index in [1.807, 2.05) is 24.3 Å². The molecule has 84 valence electrons. The highest BCUT2D eigenvalue weighted by Gasteiger charge is 2.20. The van der Waals surface area contributed by atoms with E-state index in [4.69, 9.17) is 5.11 Å². The van der Waals surface area contributed by atoms with E-state index >= 15 is 0 Å². The van der Waals surface area contributed by atoms with Gasteiger partial charge in [0.05, 0.1) is 11.3 Å². The Morgan fingerprint density at radius 3 is 2.50 bits per heavy atom. The molecule has 0 aliphatic carbocycles. The Balaban J connectivity index is 2.32. The van der Waals surface area contributed by atoms with Crippen LogP contribution in [0.4, 0.5) is 0 Å². The number of benzene rings is 1. The van der Waals surface area contributed by atoms with Crippen LogP contribution in [-0.4, -0.2) is 16.8 Å². The fourth-order valence-electron chi connectivity index (χ4n) is 1.40. The molecule has 1 unspecified atom stereocenters. The summed E-state index contributed by atoms with van der Waals surface area (Å²) >= 11 is 2.52. The molecular formula is C11H10BrNO2S. The van der Waals surface area contributed by atoms with Crippen LogP contribution in [0.3, 0.4) is 0 Å². The molecule has 0 saturated carbocycles. The maximum Gasteiger partial charge on any atom is 0.338 e. The third kappa shape index (κ3) is 2.20. The molecule has 1 aromatic carbocycles. The lowest BCUT2D eigenvalue weighted by atomic mass is 10.2. The summed E-state index contributed by atoms with van der Waals surface area (Å²) in [7, 11) is 0. The SMILES string of the molecule is CC1=N[SH](c2ccc(Br)cc2)C=C1C(=O)O. The smallest absolute Gasteiger partial charge is 0.338 e. The first kappa shape index (κ1) is 11.4. The molecule has 0 saturated heterocycles. The maximum atomic E-state index is 10.9. The zero-order valence-electron chi connectivity index (χ0n) is 8.51. The van der Waals surface area contributed by atoms with E-state index in [1.54, 1.807) is 12.3 Å². The molecule has 0 bridgehead atoms. The molecule has 16 heavy (non-hydrogen) atoms. The number of aliphatic carboxylic acids is 1. The van der Waals surface area contributed by atoms with Gasteiger partial charge in [-0.15, -0.1) is 11.1 Å². The van der Waals surface area contributed by atoms with Gasteiger partial charge in [0.2, 0.25) is 0 Å². The minimum absolute atomic E-state index is 0.328. The largest absolute Gasteiger partial charge is 0.478 e. The number of thiol groups is 1. The normalized spacial score (nSPS) is 21.5. The van der Waals surface area contributed by atoms with E-state index in [0.717, 1.165) is 9.37 Å². The molecule has 0 radical (unpaired) electrons. The molecular weight excluding hydrogens is 290 g/mol. The van der Waals surface area contributed by atoms with Crippen molar-refractivity contribution in [2.75, 3.05) is 0 Å². The van der Waals surface area contributed by atoms with Crippen LogP contribution in [0.2, 0.25) is 0 Å². The number of hydrogen-bond donors (Lipinski definition) is 2. The van der Waals surface area contributed by atoms with Crippen LogP contribution < -0.4 is 0 Å². The van der Waals surface area contributed by atoms with Crippen LogP contribution in [0.1, 0.15) is 6.92 Å². The van der Waals surface area contributed by atoms with Gasteiger partial charge in [0.25, 0.3) is 0 Å². The van der Waals surface area contributed by atoms with Crippen LogP contribution in [0.25, 0.3) is 0 Å². The van der Waals surface area contributed by atoms with E-state index in [9.17, 15) is 4.79 Å². The molecule has 3 nitrogen and oxygen atoms in total. The van der Waals surface area contributed by atoms with Gasteiger partial charge in [0, 0.05) is 9.37 Å². The lowest BCUT2D eigenvalue weighted by Crippen LogP contribution is -2.05. The van der Waals surface area contributed by atoms with E-state index in [1.165, 1.54) is 0 Å². The summed E-state index contributed by atoms with van der Waals surface area (Å²) < 4.78 is 5.39. The molecule has 1 aromatic rings. The van der Waals surface area contributed by atoms with E-state index in [-0.39, 0.29) is 0 Å².